The number of nitrogens with zero attached hydrogens (tertiary/aromatic N) is 2. The van der Waals surface area contributed by atoms with Gasteiger partial charge in [-0.15, -0.1) is 0 Å². The molecule has 126 valence electrons. The van der Waals surface area contributed by atoms with Crippen LogP contribution in [-0.4, -0.2) is 25.4 Å². The van der Waals surface area contributed by atoms with Gasteiger partial charge >= 0.3 is 5.69 Å². The first kappa shape index (κ1) is 17.8. The summed E-state index contributed by atoms with van der Waals surface area (Å²) < 4.78 is 10.2. The molecule has 0 radical (unpaired) electrons. The van der Waals surface area contributed by atoms with Gasteiger partial charge in [0.15, 0.2) is 0 Å². The van der Waals surface area contributed by atoms with E-state index in [4.69, 9.17) is 32.7 Å². The standard InChI is InChI=1S/C15H13Cl2N3O4/c1-23-14-7-15(24-2)13(20(21)22)5-9(14)8-18-19-10-3-4-11(16)12(17)6-10/h3-8,19H,1-2H3. The topological polar surface area (TPSA) is 86.0 Å². The zero-order valence-corrected chi connectivity index (χ0v) is 14.3. The largest absolute Gasteiger partial charge is 0.496 e. The maximum absolute atomic E-state index is 11.1. The van der Waals surface area contributed by atoms with E-state index >= 15 is 0 Å². The Labute approximate surface area is 147 Å². The van der Waals surface area contributed by atoms with Crippen molar-refractivity contribution in [1.82, 2.24) is 0 Å². The van der Waals surface area contributed by atoms with Gasteiger partial charge in [0.1, 0.15) is 5.75 Å². The molecule has 9 heteroatoms. The van der Waals surface area contributed by atoms with E-state index in [0.29, 0.717) is 27.0 Å². The van der Waals surface area contributed by atoms with Crippen molar-refractivity contribution >= 4 is 40.8 Å². The summed E-state index contributed by atoms with van der Waals surface area (Å²) in [5.74, 6) is 0.489. The molecule has 1 N–H and O–H groups in total. The molecular formula is C15H13Cl2N3O4. The van der Waals surface area contributed by atoms with Crippen LogP contribution < -0.4 is 14.9 Å². The van der Waals surface area contributed by atoms with Gasteiger partial charge in [-0.2, -0.15) is 5.10 Å². The molecule has 0 aliphatic heterocycles. The molecule has 0 saturated heterocycles. The van der Waals surface area contributed by atoms with E-state index < -0.39 is 4.92 Å². The molecule has 2 aromatic rings. The fraction of sp³-hybridized carbons (Fsp3) is 0.133. The molecule has 0 heterocycles. The maximum Gasteiger partial charge on any atom is 0.311 e. The average molecular weight is 370 g/mol. The number of anilines is 1. The number of nitro benzene ring substituents is 1. The van der Waals surface area contributed by atoms with Crippen LogP contribution in [0.15, 0.2) is 35.4 Å². The number of nitrogens with one attached hydrogen (secondary N) is 1. The zero-order valence-electron chi connectivity index (χ0n) is 12.7. The van der Waals surface area contributed by atoms with Crippen molar-refractivity contribution in [1.29, 1.82) is 0 Å². The van der Waals surface area contributed by atoms with Crippen molar-refractivity contribution in [3.05, 3.63) is 56.1 Å². The van der Waals surface area contributed by atoms with Gasteiger partial charge in [-0.05, 0) is 18.2 Å². The third-order valence-electron chi connectivity index (χ3n) is 3.04. The summed E-state index contributed by atoms with van der Waals surface area (Å²) >= 11 is 11.7. The van der Waals surface area contributed by atoms with Gasteiger partial charge in [0.2, 0.25) is 5.75 Å². The number of ether oxygens (including phenoxy) is 2. The zero-order chi connectivity index (χ0) is 17.7. The second-order valence-corrected chi connectivity index (χ2v) is 5.34. The molecule has 0 aliphatic rings. The van der Waals surface area contributed by atoms with Gasteiger partial charge in [0, 0.05) is 17.7 Å². The van der Waals surface area contributed by atoms with E-state index in [1.165, 1.54) is 32.6 Å². The number of benzene rings is 2. The predicted octanol–water partition coefficient (Wildman–Crippen LogP) is 4.36. The Morgan fingerprint density at radius 3 is 2.42 bits per heavy atom. The summed E-state index contributed by atoms with van der Waals surface area (Å²) in [6, 6.07) is 7.67. The van der Waals surface area contributed by atoms with E-state index in [0.717, 1.165) is 0 Å². The average Bonchev–Trinajstić information content (AvgIpc) is 2.57. The minimum absolute atomic E-state index is 0.103. The second kappa shape index (κ2) is 7.85. The molecular weight excluding hydrogens is 357 g/mol. The first-order chi connectivity index (χ1) is 11.5. The highest BCUT2D eigenvalue weighted by Gasteiger charge is 2.18. The monoisotopic (exact) mass is 369 g/mol. The van der Waals surface area contributed by atoms with Crippen LogP contribution in [0.2, 0.25) is 10.0 Å². The summed E-state index contributed by atoms with van der Waals surface area (Å²) in [7, 11) is 2.80. The van der Waals surface area contributed by atoms with Gasteiger partial charge in [0.05, 0.1) is 41.1 Å². The molecule has 0 atom stereocenters. The highest BCUT2D eigenvalue weighted by molar-refractivity contribution is 6.42. The minimum Gasteiger partial charge on any atom is -0.496 e. The van der Waals surface area contributed by atoms with Crippen LogP contribution in [0.4, 0.5) is 11.4 Å². The fourth-order valence-electron chi connectivity index (χ4n) is 1.89. The van der Waals surface area contributed by atoms with Gasteiger partial charge < -0.3 is 9.47 Å². The molecule has 0 spiro atoms. The smallest absolute Gasteiger partial charge is 0.311 e. The van der Waals surface area contributed by atoms with Crippen molar-refractivity contribution in [3.8, 4) is 11.5 Å². The summed E-state index contributed by atoms with van der Waals surface area (Å²) in [6.45, 7) is 0. The van der Waals surface area contributed by atoms with Crippen LogP contribution in [0.1, 0.15) is 5.56 Å². The van der Waals surface area contributed by atoms with Gasteiger partial charge in [-0.1, -0.05) is 23.2 Å². The van der Waals surface area contributed by atoms with Crippen molar-refractivity contribution in [2.45, 2.75) is 0 Å². The highest BCUT2D eigenvalue weighted by Crippen LogP contribution is 2.33. The number of halogens is 2. The van der Waals surface area contributed by atoms with Crippen LogP contribution in [0.3, 0.4) is 0 Å². The maximum atomic E-state index is 11.1. The normalized spacial score (nSPS) is 10.7. The SMILES string of the molecule is COc1cc(OC)c([N+](=O)[O-])cc1C=NNc1ccc(Cl)c(Cl)c1. The molecule has 2 aromatic carbocycles. The lowest BCUT2D eigenvalue weighted by molar-refractivity contribution is -0.385. The van der Waals surface area contributed by atoms with E-state index in [1.54, 1.807) is 18.2 Å². The molecule has 2 rings (SSSR count). The summed E-state index contributed by atoms with van der Waals surface area (Å²) in [4.78, 5) is 10.6. The lowest BCUT2D eigenvalue weighted by Gasteiger charge is -2.08. The van der Waals surface area contributed by atoms with Crippen LogP contribution in [0.5, 0.6) is 11.5 Å². The number of hydrazone groups is 1. The molecule has 0 aromatic heterocycles. The molecule has 0 aliphatic carbocycles. The summed E-state index contributed by atoms with van der Waals surface area (Å²) in [5, 5.41) is 15.9. The summed E-state index contributed by atoms with van der Waals surface area (Å²) in [5.41, 5.74) is 3.60. The molecule has 0 saturated carbocycles. The van der Waals surface area contributed by atoms with Crippen LogP contribution >= 0.6 is 23.2 Å². The molecule has 0 fully saturated rings. The Morgan fingerprint density at radius 2 is 1.83 bits per heavy atom. The highest BCUT2D eigenvalue weighted by atomic mass is 35.5. The van der Waals surface area contributed by atoms with Gasteiger partial charge in [-0.25, -0.2) is 0 Å². The van der Waals surface area contributed by atoms with Crippen molar-refractivity contribution in [2.24, 2.45) is 5.10 Å². The number of hydrogen-bond acceptors (Lipinski definition) is 6. The lowest BCUT2D eigenvalue weighted by Crippen LogP contribution is -1.99. The predicted molar refractivity (Wildman–Crippen MR) is 93.9 cm³/mol. The van der Waals surface area contributed by atoms with Crippen molar-refractivity contribution in [2.75, 3.05) is 19.6 Å². The molecule has 7 nitrogen and oxygen atoms in total. The Hall–Kier alpha value is -2.51. The summed E-state index contributed by atoms with van der Waals surface area (Å²) in [6.07, 6.45) is 1.40. The molecule has 0 unspecified atom stereocenters. The van der Waals surface area contributed by atoms with Gasteiger partial charge in [0.25, 0.3) is 0 Å². The van der Waals surface area contributed by atoms with Gasteiger partial charge in [-0.3, -0.25) is 15.5 Å². The number of hydrogen-bond donors (Lipinski definition) is 1. The number of methoxy groups -OCH3 is 2. The Bertz CT molecular complexity index is 797. The van der Waals surface area contributed by atoms with Crippen LogP contribution in [-0.2, 0) is 0 Å². The second-order valence-electron chi connectivity index (χ2n) is 4.52. The Kier molecular flexibility index (Phi) is 5.83. The molecule has 0 amide bonds. The third-order valence-corrected chi connectivity index (χ3v) is 3.78. The van der Waals surface area contributed by atoms with Crippen LogP contribution in [0, 0.1) is 10.1 Å². The lowest BCUT2D eigenvalue weighted by atomic mass is 10.1. The van der Waals surface area contributed by atoms with Crippen molar-refractivity contribution < 1.29 is 14.4 Å². The van der Waals surface area contributed by atoms with E-state index in [9.17, 15) is 10.1 Å². The first-order valence-electron chi connectivity index (χ1n) is 6.60. The Morgan fingerprint density at radius 1 is 1.12 bits per heavy atom. The number of rotatable bonds is 6. The van der Waals surface area contributed by atoms with E-state index in [-0.39, 0.29) is 11.4 Å². The number of nitro groups is 1. The minimum atomic E-state index is -0.540. The van der Waals surface area contributed by atoms with Crippen LogP contribution in [0.25, 0.3) is 0 Å². The fourth-order valence-corrected chi connectivity index (χ4v) is 2.19. The first-order valence-corrected chi connectivity index (χ1v) is 7.36. The third kappa shape index (κ3) is 4.06. The van der Waals surface area contributed by atoms with E-state index in [2.05, 4.69) is 10.5 Å². The quantitative estimate of drug-likeness (QED) is 0.464. The van der Waals surface area contributed by atoms with E-state index in [1.807, 2.05) is 0 Å². The Balaban J connectivity index is 2.28. The van der Waals surface area contributed by atoms with Crippen molar-refractivity contribution in [3.63, 3.8) is 0 Å². The molecule has 24 heavy (non-hydrogen) atoms. The molecule has 0 bridgehead atoms.